The van der Waals surface area contributed by atoms with Gasteiger partial charge in [0.15, 0.2) is 0 Å². The van der Waals surface area contributed by atoms with E-state index >= 15 is 0 Å². The molecule has 1 aromatic rings. The monoisotopic (exact) mass is 218 g/mol. The molecule has 0 fully saturated rings. The summed E-state index contributed by atoms with van der Waals surface area (Å²) >= 11 is 0. The molecule has 0 saturated heterocycles. The van der Waals surface area contributed by atoms with Crippen LogP contribution >= 0.6 is 0 Å². The van der Waals surface area contributed by atoms with Crippen molar-refractivity contribution in [2.75, 3.05) is 18.6 Å². The van der Waals surface area contributed by atoms with Crippen molar-refractivity contribution in [3.63, 3.8) is 0 Å². The SMILES string of the molecule is Cc1cccc(C#N)c1N(C)C(C)(C)CO. The zero-order valence-corrected chi connectivity index (χ0v) is 10.3. The van der Waals surface area contributed by atoms with Crippen LogP contribution in [0.1, 0.15) is 25.0 Å². The predicted molar refractivity (Wildman–Crippen MR) is 65.5 cm³/mol. The van der Waals surface area contributed by atoms with E-state index in [2.05, 4.69) is 6.07 Å². The van der Waals surface area contributed by atoms with E-state index in [0.717, 1.165) is 11.3 Å². The normalized spacial score (nSPS) is 11.0. The highest BCUT2D eigenvalue weighted by Crippen LogP contribution is 2.28. The molecule has 0 atom stereocenters. The van der Waals surface area contributed by atoms with Gasteiger partial charge in [-0.25, -0.2) is 0 Å². The predicted octanol–water partition coefficient (Wildman–Crippen LogP) is 2.07. The van der Waals surface area contributed by atoms with Gasteiger partial charge in [-0.3, -0.25) is 0 Å². The summed E-state index contributed by atoms with van der Waals surface area (Å²) in [5, 5.41) is 18.4. The minimum absolute atomic E-state index is 0.0443. The summed E-state index contributed by atoms with van der Waals surface area (Å²) in [7, 11) is 1.90. The van der Waals surface area contributed by atoms with Gasteiger partial charge < -0.3 is 10.0 Å². The van der Waals surface area contributed by atoms with Crippen LogP contribution in [0.4, 0.5) is 5.69 Å². The second-order valence-electron chi connectivity index (χ2n) is 4.61. The van der Waals surface area contributed by atoms with Gasteiger partial charge in [-0.15, -0.1) is 0 Å². The zero-order valence-electron chi connectivity index (χ0n) is 10.3. The van der Waals surface area contributed by atoms with E-state index < -0.39 is 0 Å². The minimum atomic E-state index is -0.377. The fourth-order valence-corrected chi connectivity index (χ4v) is 1.60. The van der Waals surface area contributed by atoms with E-state index in [1.807, 2.05) is 44.9 Å². The Hall–Kier alpha value is -1.53. The number of rotatable bonds is 3. The maximum absolute atomic E-state index is 9.36. The molecule has 0 aliphatic carbocycles. The number of hydrogen-bond acceptors (Lipinski definition) is 3. The number of nitrogens with zero attached hydrogens (tertiary/aromatic N) is 2. The van der Waals surface area contributed by atoms with Crippen LogP contribution < -0.4 is 4.90 Å². The molecular formula is C13H18N2O. The van der Waals surface area contributed by atoms with E-state index in [1.54, 1.807) is 6.07 Å². The first-order chi connectivity index (χ1) is 7.44. The number of para-hydroxylation sites is 1. The number of likely N-dealkylation sites (N-methyl/N-ethyl adjacent to an activating group) is 1. The van der Waals surface area contributed by atoms with Crippen LogP contribution in [-0.2, 0) is 0 Å². The molecule has 0 aliphatic rings. The van der Waals surface area contributed by atoms with Crippen LogP contribution in [0.3, 0.4) is 0 Å². The van der Waals surface area contributed by atoms with Crippen molar-refractivity contribution >= 4 is 5.69 Å². The number of nitriles is 1. The number of aliphatic hydroxyl groups is 1. The highest BCUT2D eigenvalue weighted by molar-refractivity contribution is 5.64. The Labute approximate surface area is 96.9 Å². The van der Waals surface area contributed by atoms with E-state index in [0.29, 0.717) is 5.56 Å². The Kier molecular flexibility index (Phi) is 3.56. The Morgan fingerprint density at radius 2 is 2.06 bits per heavy atom. The molecule has 0 aliphatic heterocycles. The van der Waals surface area contributed by atoms with Gasteiger partial charge in [-0.05, 0) is 32.4 Å². The van der Waals surface area contributed by atoms with Crippen molar-refractivity contribution in [2.45, 2.75) is 26.3 Å². The minimum Gasteiger partial charge on any atom is -0.394 e. The molecule has 0 heterocycles. The van der Waals surface area contributed by atoms with Gasteiger partial charge in [-0.1, -0.05) is 12.1 Å². The Morgan fingerprint density at radius 1 is 1.44 bits per heavy atom. The van der Waals surface area contributed by atoms with Crippen LogP contribution in [0.25, 0.3) is 0 Å². The van der Waals surface area contributed by atoms with Crippen LogP contribution in [0.2, 0.25) is 0 Å². The number of anilines is 1. The third-order valence-corrected chi connectivity index (χ3v) is 2.99. The van der Waals surface area contributed by atoms with E-state index in [1.165, 1.54) is 0 Å². The van der Waals surface area contributed by atoms with Gasteiger partial charge in [-0.2, -0.15) is 5.26 Å². The van der Waals surface area contributed by atoms with Gasteiger partial charge in [0.1, 0.15) is 6.07 Å². The fraction of sp³-hybridized carbons (Fsp3) is 0.462. The third kappa shape index (κ3) is 2.17. The van der Waals surface area contributed by atoms with Crippen LogP contribution in [0.15, 0.2) is 18.2 Å². The molecule has 0 aromatic heterocycles. The molecule has 1 aromatic carbocycles. The van der Waals surface area contributed by atoms with Gasteiger partial charge in [0.05, 0.1) is 23.4 Å². The van der Waals surface area contributed by atoms with Crippen molar-refractivity contribution in [1.82, 2.24) is 0 Å². The lowest BCUT2D eigenvalue weighted by Crippen LogP contribution is -2.45. The van der Waals surface area contributed by atoms with E-state index in [-0.39, 0.29) is 12.1 Å². The number of benzene rings is 1. The van der Waals surface area contributed by atoms with Gasteiger partial charge >= 0.3 is 0 Å². The highest BCUT2D eigenvalue weighted by Gasteiger charge is 2.25. The maximum atomic E-state index is 9.36. The fourth-order valence-electron chi connectivity index (χ4n) is 1.60. The Bertz CT molecular complexity index is 418. The van der Waals surface area contributed by atoms with Crippen LogP contribution in [-0.4, -0.2) is 24.3 Å². The summed E-state index contributed by atoms with van der Waals surface area (Å²) in [6, 6.07) is 7.83. The maximum Gasteiger partial charge on any atom is 0.101 e. The average molecular weight is 218 g/mol. The standard InChI is InChI=1S/C13H18N2O/c1-10-6-5-7-11(8-14)12(10)15(4)13(2,3)9-16/h5-7,16H,9H2,1-4H3. The first kappa shape index (κ1) is 12.5. The van der Waals surface area contributed by atoms with Crippen LogP contribution in [0, 0.1) is 18.3 Å². The van der Waals surface area contributed by atoms with Crippen molar-refractivity contribution in [3.05, 3.63) is 29.3 Å². The molecule has 86 valence electrons. The van der Waals surface area contributed by atoms with Crippen LogP contribution in [0.5, 0.6) is 0 Å². The lowest BCUT2D eigenvalue weighted by atomic mass is 10.00. The lowest BCUT2D eigenvalue weighted by molar-refractivity contribution is 0.216. The zero-order chi connectivity index (χ0) is 12.3. The second kappa shape index (κ2) is 4.54. The number of aryl methyl sites for hydroxylation is 1. The van der Waals surface area contributed by atoms with Crippen molar-refractivity contribution in [1.29, 1.82) is 5.26 Å². The Morgan fingerprint density at radius 3 is 2.56 bits per heavy atom. The summed E-state index contributed by atoms with van der Waals surface area (Å²) in [6.45, 7) is 5.91. The molecule has 3 heteroatoms. The number of aliphatic hydroxyl groups excluding tert-OH is 1. The largest absolute Gasteiger partial charge is 0.394 e. The van der Waals surface area contributed by atoms with Crippen molar-refractivity contribution in [2.24, 2.45) is 0 Å². The first-order valence-electron chi connectivity index (χ1n) is 5.28. The summed E-state index contributed by atoms with van der Waals surface area (Å²) in [5.74, 6) is 0. The molecule has 3 nitrogen and oxygen atoms in total. The summed E-state index contributed by atoms with van der Waals surface area (Å²) in [4.78, 5) is 1.96. The molecule has 0 amide bonds. The smallest absolute Gasteiger partial charge is 0.101 e. The first-order valence-corrected chi connectivity index (χ1v) is 5.28. The summed E-state index contributed by atoms with van der Waals surface area (Å²) < 4.78 is 0. The average Bonchev–Trinajstić information content (AvgIpc) is 2.27. The molecule has 0 radical (unpaired) electrons. The lowest BCUT2D eigenvalue weighted by Gasteiger charge is -2.37. The summed E-state index contributed by atoms with van der Waals surface area (Å²) in [6.07, 6.45) is 0. The third-order valence-electron chi connectivity index (χ3n) is 2.99. The number of hydrogen-bond donors (Lipinski definition) is 1. The summed E-state index contributed by atoms with van der Waals surface area (Å²) in [5.41, 5.74) is 2.20. The topological polar surface area (TPSA) is 47.3 Å². The molecule has 0 unspecified atom stereocenters. The van der Waals surface area contributed by atoms with E-state index in [4.69, 9.17) is 5.26 Å². The quantitative estimate of drug-likeness (QED) is 0.845. The second-order valence-corrected chi connectivity index (χ2v) is 4.61. The Balaban J connectivity index is 3.28. The molecule has 1 N–H and O–H groups in total. The molecule has 1 rings (SSSR count). The van der Waals surface area contributed by atoms with Gasteiger partial charge in [0.25, 0.3) is 0 Å². The van der Waals surface area contributed by atoms with Gasteiger partial charge in [0.2, 0.25) is 0 Å². The molecule has 0 bridgehead atoms. The molecule has 0 spiro atoms. The molecule has 16 heavy (non-hydrogen) atoms. The van der Waals surface area contributed by atoms with Crippen molar-refractivity contribution < 1.29 is 5.11 Å². The van der Waals surface area contributed by atoms with Crippen molar-refractivity contribution in [3.8, 4) is 6.07 Å². The highest BCUT2D eigenvalue weighted by atomic mass is 16.3. The molecule has 0 saturated carbocycles. The molecular weight excluding hydrogens is 200 g/mol. The van der Waals surface area contributed by atoms with E-state index in [9.17, 15) is 5.11 Å². The van der Waals surface area contributed by atoms with Gasteiger partial charge in [0, 0.05) is 7.05 Å².